The SMILES string of the molecule is C=CC(=O)N1CCC(C(=O)NC2CC(COc3cc(F)ccc3C)C2)C1.CC. The number of carbonyl (C=O) groups excluding carboxylic acids is 2. The molecular weight excluding hydrogens is 359 g/mol. The first-order valence-corrected chi connectivity index (χ1v) is 10.1. The molecule has 0 bridgehead atoms. The lowest BCUT2D eigenvalue weighted by Crippen LogP contribution is -2.48. The second-order valence-electron chi connectivity index (χ2n) is 7.24. The average molecular weight is 390 g/mol. The summed E-state index contributed by atoms with van der Waals surface area (Å²) in [5.41, 5.74) is 0.912. The number of aryl methyl sites for hydroxylation is 1. The highest BCUT2D eigenvalue weighted by atomic mass is 19.1. The van der Waals surface area contributed by atoms with Crippen LogP contribution in [0.15, 0.2) is 30.9 Å². The molecule has 1 N–H and O–H groups in total. The van der Waals surface area contributed by atoms with Crippen LogP contribution >= 0.6 is 0 Å². The Hall–Kier alpha value is -2.37. The first-order chi connectivity index (χ1) is 13.5. The third-order valence-electron chi connectivity index (χ3n) is 5.25. The number of likely N-dealkylation sites (tertiary alicyclic amines) is 1. The summed E-state index contributed by atoms with van der Waals surface area (Å²) in [5, 5.41) is 3.07. The van der Waals surface area contributed by atoms with Crippen LogP contribution in [0.2, 0.25) is 0 Å². The Balaban J connectivity index is 0.00000136. The lowest BCUT2D eigenvalue weighted by Gasteiger charge is -2.36. The molecule has 0 aromatic heterocycles. The molecule has 5 nitrogen and oxygen atoms in total. The Labute approximate surface area is 166 Å². The molecule has 1 saturated heterocycles. The monoisotopic (exact) mass is 390 g/mol. The van der Waals surface area contributed by atoms with E-state index in [0.29, 0.717) is 37.8 Å². The van der Waals surface area contributed by atoms with Gasteiger partial charge in [-0.25, -0.2) is 4.39 Å². The predicted octanol–water partition coefficient (Wildman–Crippen LogP) is 3.47. The van der Waals surface area contributed by atoms with Crippen molar-refractivity contribution >= 4 is 11.8 Å². The van der Waals surface area contributed by atoms with Crippen molar-refractivity contribution in [1.82, 2.24) is 10.2 Å². The van der Waals surface area contributed by atoms with Crippen molar-refractivity contribution in [3.05, 3.63) is 42.2 Å². The van der Waals surface area contributed by atoms with E-state index in [1.807, 2.05) is 20.8 Å². The van der Waals surface area contributed by atoms with Gasteiger partial charge in [0.2, 0.25) is 11.8 Å². The van der Waals surface area contributed by atoms with Crippen molar-refractivity contribution in [2.75, 3.05) is 19.7 Å². The van der Waals surface area contributed by atoms with Gasteiger partial charge in [0, 0.05) is 25.2 Å². The minimum atomic E-state index is -0.301. The van der Waals surface area contributed by atoms with E-state index < -0.39 is 0 Å². The fraction of sp³-hybridized carbons (Fsp3) is 0.545. The molecule has 1 heterocycles. The van der Waals surface area contributed by atoms with E-state index in [0.717, 1.165) is 18.4 Å². The van der Waals surface area contributed by atoms with Crippen LogP contribution in [0, 0.1) is 24.6 Å². The maximum absolute atomic E-state index is 13.3. The van der Waals surface area contributed by atoms with Crippen LogP contribution in [-0.2, 0) is 9.59 Å². The molecule has 1 aliphatic carbocycles. The van der Waals surface area contributed by atoms with Gasteiger partial charge in [-0.1, -0.05) is 26.5 Å². The number of ether oxygens (including phenoxy) is 1. The molecule has 2 fully saturated rings. The van der Waals surface area contributed by atoms with Gasteiger partial charge in [0.1, 0.15) is 11.6 Å². The minimum Gasteiger partial charge on any atom is -0.493 e. The molecule has 154 valence electrons. The van der Waals surface area contributed by atoms with Gasteiger partial charge < -0.3 is 15.0 Å². The number of nitrogens with one attached hydrogen (secondary N) is 1. The van der Waals surface area contributed by atoms with Gasteiger partial charge in [-0.2, -0.15) is 0 Å². The highest BCUT2D eigenvalue weighted by Crippen LogP contribution is 2.30. The average Bonchev–Trinajstić information content (AvgIpc) is 3.17. The van der Waals surface area contributed by atoms with Crippen molar-refractivity contribution in [2.24, 2.45) is 11.8 Å². The number of nitrogens with zero attached hydrogens (tertiary/aromatic N) is 1. The van der Waals surface area contributed by atoms with Gasteiger partial charge in [0.05, 0.1) is 12.5 Å². The second kappa shape index (κ2) is 10.2. The van der Waals surface area contributed by atoms with Crippen LogP contribution in [0.3, 0.4) is 0 Å². The van der Waals surface area contributed by atoms with E-state index in [1.54, 1.807) is 11.0 Å². The van der Waals surface area contributed by atoms with Crippen LogP contribution in [0.25, 0.3) is 0 Å². The first kappa shape index (κ1) is 21.9. The molecule has 1 aromatic carbocycles. The molecule has 2 aliphatic rings. The predicted molar refractivity (Wildman–Crippen MR) is 108 cm³/mol. The number of benzene rings is 1. The van der Waals surface area contributed by atoms with E-state index in [1.165, 1.54) is 18.2 Å². The topological polar surface area (TPSA) is 58.6 Å². The lowest BCUT2D eigenvalue weighted by molar-refractivity contribution is -0.127. The number of carbonyl (C=O) groups is 2. The van der Waals surface area contributed by atoms with Gasteiger partial charge >= 0.3 is 0 Å². The number of amides is 2. The summed E-state index contributed by atoms with van der Waals surface area (Å²) in [5.74, 6) is 0.415. The fourth-order valence-corrected chi connectivity index (χ4v) is 3.55. The Morgan fingerprint density at radius 1 is 1.36 bits per heavy atom. The summed E-state index contributed by atoms with van der Waals surface area (Å²) in [7, 11) is 0. The summed E-state index contributed by atoms with van der Waals surface area (Å²) in [6.07, 6.45) is 3.71. The van der Waals surface area contributed by atoms with E-state index in [-0.39, 0.29) is 29.6 Å². The van der Waals surface area contributed by atoms with Crippen LogP contribution in [0.5, 0.6) is 5.75 Å². The third kappa shape index (κ3) is 5.57. The third-order valence-corrected chi connectivity index (χ3v) is 5.25. The molecule has 28 heavy (non-hydrogen) atoms. The molecule has 1 saturated carbocycles. The first-order valence-electron chi connectivity index (χ1n) is 10.1. The van der Waals surface area contributed by atoms with E-state index in [4.69, 9.17) is 4.74 Å². The minimum absolute atomic E-state index is 0.0229. The molecule has 0 spiro atoms. The Bertz CT molecular complexity index is 701. The van der Waals surface area contributed by atoms with Crippen molar-refractivity contribution < 1.29 is 18.7 Å². The number of hydrogen-bond donors (Lipinski definition) is 1. The zero-order chi connectivity index (χ0) is 20.7. The normalized spacial score (nSPS) is 23.1. The van der Waals surface area contributed by atoms with Crippen LogP contribution in [0.1, 0.15) is 38.7 Å². The summed E-state index contributed by atoms with van der Waals surface area (Å²) in [4.78, 5) is 25.6. The van der Waals surface area contributed by atoms with Gasteiger partial charge in [-0.05, 0) is 49.8 Å². The van der Waals surface area contributed by atoms with E-state index in [9.17, 15) is 14.0 Å². The van der Waals surface area contributed by atoms with E-state index >= 15 is 0 Å². The summed E-state index contributed by atoms with van der Waals surface area (Å²) in [6, 6.07) is 4.69. The largest absolute Gasteiger partial charge is 0.493 e. The molecular formula is C22H31FN2O3. The smallest absolute Gasteiger partial charge is 0.245 e. The number of halogens is 1. The summed E-state index contributed by atoms with van der Waals surface area (Å²) in [6.45, 7) is 11.0. The van der Waals surface area contributed by atoms with Crippen molar-refractivity contribution in [1.29, 1.82) is 0 Å². The zero-order valence-corrected chi connectivity index (χ0v) is 17.0. The highest BCUT2D eigenvalue weighted by Gasteiger charge is 2.35. The number of hydrogen-bond acceptors (Lipinski definition) is 3. The second-order valence-corrected chi connectivity index (χ2v) is 7.24. The fourth-order valence-electron chi connectivity index (χ4n) is 3.55. The van der Waals surface area contributed by atoms with Crippen molar-refractivity contribution in [3.8, 4) is 5.75 Å². The van der Waals surface area contributed by atoms with Crippen LogP contribution in [0.4, 0.5) is 4.39 Å². The van der Waals surface area contributed by atoms with Gasteiger partial charge in [0.25, 0.3) is 0 Å². The molecule has 2 amide bonds. The van der Waals surface area contributed by atoms with Crippen molar-refractivity contribution in [2.45, 2.75) is 46.1 Å². The quantitative estimate of drug-likeness (QED) is 0.757. The maximum Gasteiger partial charge on any atom is 0.245 e. The highest BCUT2D eigenvalue weighted by molar-refractivity contribution is 5.88. The van der Waals surface area contributed by atoms with Gasteiger partial charge in [-0.15, -0.1) is 0 Å². The summed E-state index contributed by atoms with van der Waals surface area (Å²) >= 11 is 0. The molecule has 1 aromatic rings. The molecule has 3 rings (SSSR count). The summed E-state index contributed by atoms with van der Waals surface area (Å²) < 4.78 is 19.0. The zero-order valence-electron chi connectivity index (χ0n) is 17.0. The molecule has 1 aliphatic heterocycles. The molecule has 1 atom stereocenters. The molecule has 0 radical (unpaired) electrons. The Morgan fingerprint density at radius 2 is 2.07 bits per heavy atom. The standard InChI is InChI=1S/C20H25FN2O3.C2H6/c1-3-19(24)23-7-6-15(11-23)20(25)22-17-8-14(9-17)12-26-18-10-16(21)5-4-13(18)2;1-2/h3-5,10,14-15,17H,1,6-9,11-12H2,2H3,(H,22,25);1-2H3. The molecule has 6 heteroatoms. The molecule has 1 unspecified atom stereocenters. The van der Waals surface area contributed by atoms with Crippen LogP contribution < -0.4 is 10.1 Å². The lowest BCUT2D eigenvalue weighted by atomic mass is 9.80. The van der Waals surface area contributed by atoms with Crippen molar-refractivity contribution in [3.63, 3.8) is 0 Å². The Morgan fingerprint density at radius 3 is 2.75 bits per heavy atom. The van der Waals surface area contributed by atoms with Gasteiger partial charge in [0.15, 0.2) is 0 Å². The maximum atomic E-state index is 13.3. The Kier molecular flexibility index (Phi) is 8.03. The van der Waals surface area contributed by atoms with E-state index in [2.05, 4.69) is 11.9 Å². The van der Waals surface area contributed by atoms with Crippen LogP contribution in [-0.4, -0.2) is 42.5 Å². The number of rotatable bonds is 6. The van der Waals surface area contributed by atoms with Gasteiger partial charge in [-0.3, -0.25) is 9.59 Å².